The molecule has 1 nitrogen and oxygen atoms in total. The summed E-state index contributed by atoms with van der Waals surface area (Å²) in [5, 5.41) is 7.00. The first kappa shape index (κ1) is 56.4. The molecule has 1 N–H and O–H groups in total. The third-order valence-corrected chi connectivity index (χ3v) is 7.83. The zero-order valence-electron chi connectivity index (χ0n) is 30.1. The first-order valence-corrected chi connectivity index (χ1v) is 17.1. The van der Waals surface area contributed by atoms with Crippen molar-refractivity contribution in [2.45, 2.75) is 130 Å². The van der Waals surface area contributed by atoms with E-state index in [1.807, 2.05) is 12.1 Å². The zero-order valence-corrected chi connectivity index (χ0v) is 30.1. The highest BCUT2D eigenvalue weighted by Crippen LogP contribution is 2.20. The van der Waals surface area contributed by atoms with Crippen LogP contribution in [0.1, 0.15) is 138 Å². The molecule has 0 radical (unpaired) electrons. The van der Waals surface area contributed by atoms with E-state index in [2.05, 4.69) is 177 Å². The third kappa shape index (κ3) is 23.2. The number of hydrogen-bond donors (Lipinski definition) is 1. The van der Waals surface area contributed by atoms with Crippen molar-refractivity contribution in [2.24, 2.45) is 0 Å². The van der Waals surface area contributed by atoms with Crippen LogP contribution in [0.25, 0.3) is 11.1 Å². The molecule has 286 valence electrons. The minimum atomic E-state index is 0. The standard InChI is InChI=1S/C16H18.C10H14.2C9H12.CH4O.5CH4/c1-3-13-5-9-15(10-6-13)16-11-7-14(4-2)8-12-16;1-3-9-5-7-10(4-2)8-6-9;2*1-8(2)9-6-4-3-5-7-9;1-2;;;;;/h5-12H,3-4H2,1-2H3;5-8H,3-4H2,1-2H3;2*3-8H,1-2H3;2H,1H3;5*1H4. The van der Waals surface area contributed by atoms with Crippen molar-refractivity contribution in [2.75, 3.05) is 7.11 Å². The fourth-order valence-electron chi connectivity index (χ4n) is 4.55. The van der Waals surface area contributed by atoms with Gasteiger partial charge < -0.3 is 5.11 Å². The molecule has 0 unspecified atom stereocenters. The Bertz CT molecular complexity index is 1270. The Balaban J connectivity index is -0.000000181. The van der Waals surface area contributed by atoms with Gasteiger partial charge in [-0.15, -0.1) is 0 Å². The van der Waals surface area contributed by atoms with Crippen molar-refractivity contribution >= 4 is 0 Å². The van der Waals surface area contributed by atoms with Crippen LogP contribution in [0.15, 0.2) is 133 Å². The van der Waals surface area contributed by atoms with E-state index in [1.165, 1.54) is 44.5 Å². The molecule has 51 heavy (non-hydrogen) atoms. The highest BCUT2D eigenvalue weighted by atomic mass is 16.2. The fraction of sp³-hybridized carbons (Fsp3) is 0.400. The summed E-state index contributed by atoms with van der Waals surface area (Å²) in [5.41, 5.74) is 11.1. The van der Waals surface area contributed by atoms with Gasteiger partial charge in [0.1, 0.15) is 0 Å². The molecule has 0 fully saturated rings. The molecule has 0 aliphatic rings. The van der Waals surface area contributed by atoms with E-state index in [0.717, 1.165) is 32.8 Å². The maximum absolute atomic E-state index is 7.00. The van der Waals surface area contributed by atoms with Crippen LogP contribution in [0.2, 0.25) is 0 Å². The lowest BCUT2D eigenvalue weighted by Gasteiger charge is -2.04. The molecule has 0 saturated heterocycles. The molecular formula is C50H80O. The fourth-order valence-corrected chi connectivity index (χ4v) is 4.55. The van der Waals surface area contributed by atoms with E-state index in [1.54, 1.807) is 0 Å². The zero-order chi connectivity index (χ0) is 34.2. The van der Waals surface area contributed by atoms with E-state index >= 15 is 0 Å². The van der Waals surface area contributed by atoms with Crippen molar-refractivity contribution < 1.29 is 5.11 Å². The van der Waals surface area contributed by atoms with E-state index in [-0.39, 0.29) is 37.1 Å². The lowest BCUT2D eigenvalue weighted by atomic mass is 10.0. The van der Waals surface area contributed by atoms with Crippen molar-refractivity contribution in [3.63, 3.8) is 0 Å². The van der Waals surface area contributed by atoms with E-state index in [4.69, 9.17) is 5.11 Å². The van der Waals surface area contributed by atoms with Crippen LogP contribution in [-0.4, -0.2) is 12.2 Å². The van der Waals surface area contributed by atoms with E-state index in [0.29, 0.717) is 11.8 Å². The Hall–Kier alpha value is -3.94. The largest absolute Gasteiger partial charge is 0.400 e. The predicted octanol–water partition coefficient (Wildman–Crippen LogP) is 15.7. The Morgan fingerprint density at radius 2 is 0.529 bits per heavy atom. The summed E-state index contributed by atoms with van der Waals surface area (Å²) in [5.74, 6) is 1.32. The second-order valence-electron chi connectivity index (χ2n) is 11.8. The second kappa shape index (κ2) is 34.5. The molecule has 0 heterocycles. The molecule has 5 rings (SSSR count). The van der Waals surface area contributed by atoms with Gasteiger partial charge in [-0.2, -0.15) is 0 Å². The maximum atomic E-state index is 7.00. The monoisotopic (exact) mass is 697 g/mol. The van der Waals surface area contributed by atoms with Crippen molar-refractivity contribution in [3.8, 4) is 11.1 Å². The van der Waals surface area contributed by atoms with Gasteiger partial charge >= 0.3 is 0 Å². The molecule has 5 aromatic rings. The molecule has 0 amide bonds. The molecule has 1 heteroatoms. The minimum Gasteiger partial charge on any atom is -0.400 e. The topological polar surface area (TPSA) is 20.2 Å². The highest BCUT2D eigenvalue weighted by Gasteiger charge is 1.98. The summed E-state index contributed by atoms with van der Waals surface area (Å²) < 4.78 is 0. The first-order valence-electron chi connectivity index (χ1n) is 17.1. The predicted molar refractivity (Wildman–Crippen MR) is 239 cm³/mol. The van der Waals surface area contributed by atoms with E-state index in [9.17, 15) is 0 Å². The molecule has 0 spiro atoms. The molecule has 0 atom stereocenters. The lowest BCUT2D eigenvalue weighted by Crippen LogP contribution is -1.83. The van der Waals surface area contributed by atoms with Gasteiger partial charge in [0.2, 0.25) is 0 Å². The molecule has 0 aromatic heterocycles. The van der Waals surface area contributed by atoms with Crippen LogP contribution in [0, 0.1) is 0 Å². The molecular weight excluding hydrogens is 617 g/mol. The van der Waals surface area contributed by atoms with Crippen LogP contribution in [0.3, 0.4) is 0 Å². The first-order chi connectivity index (χ1) is 22.3. The van der Waals surface area contributed by atoms with Crippen LogP contribution < -0.4 is 0 Å². The number of hydrogen-bond acceptors (Lipinski definition) is 1. The van der Waals surface area contributed by atoms with Gasteiger partial charge in [0.25, 0.3) is 0 Å². The quantitative estimate of drug-likeness (QED) is 0.180. The number of aliphatic hydroxyl groups excluding tert-OH is 1. The van der Waals surface area contributed by atoms with Gasteiger partial charge in [-0.1, -0.05) is 226 Å². The Morgan fingerprint density at radius 3 is 0.686 bits per heavy atom. The van der Waals surface area contributed by atoms with Crippen LogP contribution in [0.5, 0.6) is 0 Å². The SMILES string of the molecule is C.C.C.C.C.CC(C)c1ccccc1.CC(C)c1ccccc1.CCc1ccc(-c2ccc(CC)cc2)cc1.CCc1ccc(CC)cc1.CO. The van der Waals surface area contributed by atoms with Gasteiger partial charge in [0, 0.05) is 7.11 Å². The smallest absolute Gasteiger partial charge is 0.0319 e. The third-order valence-electron chi connectivity index (χ3n) is 7.83. The van der Waals surface area contributed by atoms with Gasteiger partial charge in [-0.05, 0) is 82.0 Å². The normalized spacial score (nSPS) is 8.86. The van der Waals surface area contributed by atoms with Gasteiger partial charge in [-0.25, -0.2) is 0 Å². The summed E-state index contributed by atoms with van der Waals surface area (Å²) in [4.78, 5) is 0. The maximum Gasteiger partial charge on any atom is 0.0319 e. The Kier molecular flexibility index (Phi) is 38.2. The molecule has 5 aromatic carbocycles. The van der Waals surface area contributed by atoms with Crippen LogP contribution in [-0.2, 0) is 25.7 Å². The van der Waals surface area contributed by atoms with Gasteiger partial charge in [0.05, 0.1) is 0 Å². The molecule has 0 saturated carbocycles. The molecule has 0 aliphatic heterocycles. The second-order valence-corrected chi connectivity index (χ2v) is 11.8. The Morgan fingerprint density at radius 1 is 0.333 bits per heavy atom. The highest BCUT2D eigenvalue weighted by molar-refractivity contribution is 5.64. The Labute approximate surface area is 319 Å². The van der Waals surface area contributed by atoms with E-state index < -0.39 is 0 Å². The van der Waals surface area contributed by atoms with Crippen molar-refractivity contribution in [3.05, 3.63) is 167 Å². The van der Waals surface area contributed by atoms with Gasteiger partial charge in [0.15, 0.2) is 0 Å². The molecule has 0 aliphatic carbocycles. The van der Waals surface area contributed by atoms with Crippen molar-refractivity contribution in [1.29, 1.82) is 0 Å². The summed E-state index contributed by atoms with van der Waals surface area (Å²) in [6, 6.07) is 47.5. The number of benzene rings is 5. The average molecular weight is 697 g/mol. The van der Waals surface area contributed by atoms with Crippen LogP contribution in [0.4, 0.5) is 0 Å². The van der Waals surface area contributed by atoms with Crippen LogP contribution >= 0.6 is 0 Å². The number of aryl methyl sites for hydroxylation is 4. The molecule has 0 bridgehead atoms. The lowest BCUT2D eigenvalue weighted by molar-refractivity contribution is 0.399. The number of rotatable bonds is 7. The summed E-state index contributed by atoms with van der Waals surface area (Å²) in [6.45, 7) is 17.5. The summed E-state index contributed by atoms with van der Waals surface area (Å²) >= 11 is 0. The summed E-state index contributed by atoms with van der Waals surface area (Å²) in [7, 11) is 1.00. The van der Waals surface area contributed by atoms with Crippen molar-refractivity contribution in [1.82, 2.24) is 0 Å². The van der Waals surface area contributed by atoms with Gasteiger partial charge in [-0.3, -0.25) is 0 Å². The summed E-state index contributed by atoms with van der Waals surface area (Å²) in [6.07, 6.45) is 4.50. The average Bonchev–Trinajstić information content (AvgIpc) is 3.14. The number of aliphatic hydroxyl groups is 1. The minimum absolute atomic E-state index is 0.